The van der Waals surface area contributed by atoms with Crippen molar-refractivity contribution in [1.82, 2.24) is 10.6 Å². The maximum Gasteiger partial charge on any atom is 0.408 e. The van der Waals surface area contributed by atoms with Gasteiger partial charge in [-0.15, -0.1) is 0 Å². The highest BCUT2D eigenvalue weighted by molar-refractivity contribution is 5.86. The Morgan fingerprint density at radius 1 is 0.933 bits per heavy atom. The second-order valence-electron chi connectivity index (χ2n) is 10.1. The molecule has 0 fully saturated rings. The Labute approximate surface area is 180 Å². The van der Waals surface area contributed by atoms with Crippen LogP contribution in [0.15, 0.2) is 0 Å². The van der Waals surface area contributed by atoms with Crippen molar-refractivity contribution in [2.45, 2.75) is 73.0 Å². The van der Waals surface area contributed by atoms with E-state index in [0.29, 0.717) is 26.4 Å². The lowest BCUT2D eigenvalue weighted by atomic mass is 9.93. The van der Waals surface area contributed by atoms with Gasteiger partial charge in [-0.1, -0.05) is 27.7 Å². The van der Waals surface area contributed by atoms with E-state index in [9.17, 15) is 14.4 Å². The lowest BCUT2D eigenvalue weighted by Gasteiger charge is -2.29. The summed E-state index contributed by atoms with van der Waals surface area (Å²) in [6.45, 7) is 14.9. The van der Waals surface area contributed by atoms with Crippen LogP contribution >= 0.6 is 0 Å². The fourth-order valence-electron chi connectivity index (χ4n) is 2.52. The Hall–Kier alpha value is -1.87. The summed E-state index contributed by atoms with van der Waals surface area (Å²) in [6, 6.07) is -1.01. The Balaban J connectivity index is 4.76. The van der Waals surface area contributed by atoms with E-state index in [1.165, 1.54) is 0 Å². The molecule has 0 saturated carbocycles. The molecule has 0 saturated heterocycles. The highest BCUT2D eigenvalue weighted by Crippen LogP contribution is 2.19. The maximum atomic E-state index is 12.6. The van der Waals surface area contributed by atoms with Gasteiger partial charge in [-0.2, -0.15) is 0 Å². The molecule has 9 nitrogen and oxygen atoms in total. The summed E-state index contributed by atoms with van der Waals surface area (Å²) in [5.74, 6) is -1.51. The van der Waals surface area contributed by atoms with Gasteiger partial charge in [-0.05, 0) is 27.2 Å². The van der Waals surface area contributed by atoms with Crippen molar-refractivity contribution in [2.75, 3.05) is 33.5 Å². The van der Waals surface area contributed by atoms with Gasteiger partial charge in [0.1, 0.15) is 11.6 Å². The summed E-state index contributed by atoms with van der Waals surface area (Å²) in [6.07, 6.45) is -1.06. The zero-order valence-electron chi connectivity index (χ0n) is 19.7. The summed E-state index contributed by atoms with van der Waals surface area (Å²) in [7, 11) is 1.65. The van der Waals surface area contributed by atoms with Gasteiger partial charge in [0.2, 0.25) is 5.91 Å². The minimum atomic E-state index is -1.05. The van der Waals surface area contributed by atoms with Crippen LogP contribution in [0.4, 0.5) is 4.79 Å². The number of hydrogen-bond donors (Lipinski definition) is 3. The van der Waals surface area contributed by atoms with Crippen LogP contribution in [-0.4, -0.2) is 68.2 Å². The fraction of sp³-hybridized carbons (Fsp3) is 0.857. The lowest BCUT2D eigenvalue weighted by molar-refractivity contribution is -0.137. The number of alkyl carbamates (subject to hydrolysis) is 1. The van der Waals surface area contributed by atoms with Crippen LogP contribution in [0.3, 0.4) is 0 Å². The highest BCUT2D eigenvalue weighted by Gasteiger charge is 2.28. The van der Waals surface area contributed by atoms with Gasteiger partial charge in [0, 0.05) is 30.9 Å². The Morgan fingerprint density at radius 3 is 2.00 bits per heavy atom. The summed E-state index contributed by atoms with van der Waals surface area (Å²) >= 11 is 0. The third-order valence-electron chi connectivity index (χ3n) is 3.92. The number of nitrogens with one attached hydrogen (secondary N) is 2. The number of hydrogen-bond acceptors (Lipinski definition) is 6. The molecule has 9 heteroatoms. The first kappa shape index (κ1) is 28.1. The van der Waals surface area contributed by atoms with E-state index < -0.39 is 29.6 Å². The van der Waals surface area contributed by atoms with Crippen molar-refractivity contribution in [3.63, 3.8) is 0 Å². The van der Waals surface area contributed by atoms with Crippen molar-refractivity contribution in [2.24, 2.45) is 10.8 Å². The number of aliphatic carboxylic acids is 1. The molecule has 30 heavy (non-hydrogen) atoms. The number of carboxylic acids is 1. The number of amides is 2. The highest BCUT2D eigenvalue weighted by atomic mass is 16.6. The molecule has 1 atom stereocenters. The normalized spacial score (nSPS) is 13.5. The molecule has 3 N–H and O–H groups in total. The Bertz CT molecular complexity index is 568. The average Bonchev–Trinajstić information content (AvgIpc) is 2.54. The molecular formula is C21H40N2O7. The van der Waals surface area contributed by atoms with E-state index in [2.05, 4.69) is 10.6 Å². The molecule has 0 radical (unpaired) electrons. The van der Waals surface area contributed by atoms with Gasteiger partial charge in [0.25, 0.3) is 0 Å². The van der Waals surface area contributed by atoms with Crippen LogP contribution in [0.25, 0.3) is 0 Å². The number of carbonyl (C=O) groups is 3. The molecule has 176 valence electrons. The largest absolute Gasteiger partial charge is 0.481 e. The molecule has 0 heterocycles. The lowest BCUT2D eigenvalue weighted by Crippen LogP contribution is -2.50. The van der Waals surface area contributed by atoms with Crippen molar-refractivity contribution in [3.8, 4) is 0 Å². The van der Waals surface area contributed by atoms with Crippen molar-refractivity contribution < 1.29 is 33.7 Å². The Kier molecular flexibility index (Phi) is 11.3. The van der Waals surface area contributed by atoms with Crippen LogP contribution in [0.5, 0.6) is 0 Å². The molecule has 0 bridgehead atoms. The van der Waals surface area contributed by atoms with Gasteiger partial charge in [0.15, 0.2) is 0 Å². The second-order valence-corrected chi connectivity index (χ2v) is 10.1. The second kappa shape index (κ2) is 12.1. The molecule has 0 aromatic heterocycles. The number of carboxylic acid groups (broad SMARTS) is 1. The first-order valence-corrected chi connectivity index (χ1v) is 10.1. The molecule has 0 aliphatic heterocycles. The van der Waals surface area contributed by atoms with E-state index in [-0.39, 0.29) is 23.7 Å². The Morgan fingerprint density at radius 2 is 1.50 bits per heavy atom. The van der Waals surface area contributed by atoms with Crippen LogP contribution in [0.1, 0.15) is 61.3 Å². The van der Waals surface area contributed by atoms with Gasteiger partial charge < -0.3 is 30.0 Å². The average molecular weight is 433 g/mol. The summed E-state index contributed by atoms with van der Waals surface area (Å²) in [4.78, 5) is 35.5. The van der Waals surface area contributed by atoms with Crippen LogP contribution in [0.2, 0.25) is 0 Å². The number of carbonyl (C=O) groups excluding carboxylic acids is 2. The maximum absolute atomic E-state index is 12.6. The van der Waals surface area contributed by atoms with E-state index >= 15 is 0 Å². The number of rotatable bonds is 13. The summed E-state index contributed by atoms with van der Waals surface area (Å²) in [5, 5.41) is 14.2. The predicted octanol–water partition coefficient (Wildman–Crippen LogP) is 2.58. The molecule has 0 aliphatic rings. The topological polar surface area (TPSA) is 123 Å². The minimum Gasteiger partial charge on any atom is -0.481 e. The van der Waals surface area contributed by atoms with E-state index in [4.69, 9.17) is 19.3 Å². The zero-order valence-corrected chi connectivity index (χ0v) is 19.7. The quantitative estimate of drug-likeness (QED) is 0.409. The summed E-state index contributed by atoms with van der Waals surface area (Å²) < 4.78 is 16.1. The molecule has 0 spiro atoms. The van der Waals surface area contributed by atoms with Crippen molar-refractivity contribution in [1.29, 1.82) is 0 Å². The van der Waals surface area contributed by atoms with Crippen LogP contribution < -0.4 is 10.6 Å². The zero-order chi connectivity index (χ0) is 23.6. The monoisotopic (exact) mass is 432 g/mol. The molecule has 2 amide bonds. The van der Waals surface area contributed by atoms with Gasteiger partial charge >= 0.3 is 12.1 Å². The third-order valence-corrected chi connectivity index (χ3v) is 3.92. The van der Waals surface area contributed by atoms with Crippen LogP contribution in [0, 0.1) is 10.8 Å². The first-order valence-electron chi connectivity index (χ1n) is 10.1. The van der Waals surface area contributed by atoms with E-state index in [0.717, 1.165) is 0 Å². The van der Waals surface area contributed by atoms with E-state index in [1.54, 1.807) is 27.9 Å². The van der Waals surface area contributed by atoms with Crippen molar-refractivity contribution in [3.05, 3.63) is 0 Å². The van der Waals surface area contributed by atoms with Crippen molar-refractivity contribution >= 4 is 18.0 Å². The van der Waals surface area contributed by atoms with Gasteiger partial charge in [-0.25, -0.2) is 4.79 Å². The third kappa shape index (κ3) is 14.2. The molecule has 0 aliphatic carbocycles. The molecule has 0 aromatic carbocycles. The number of methoxy groups -OCH3 is 1. The fourth-order valence-corrected chi connectivity index (χ4v) is 2.52. The molecule has 0 unspecified atom stereocenters. The predicted molar refractivity (Wildman–Crippen MR) is 113 cm³/mol. The summed E-state index contributed by atoms with van der Waals surface area (Å²) in [5.41, 5.74) is -1.21. The SMILES string of the molecule is COCC(C)(C)COCC(C)(C)CNC(=O)[C@H](CCC(=O)O)NC(=O)OC(C)(C)C. The van der Waals surface area contributed by atoms with Gasteiger partial charge in [-0.3, -0.25) is 9.59 Å². The van der Waals surface area contributed by atoms with Crippen LogP contribution in [-0.2, 0) is 23.8 Å². The van der Waals surface area contributed by atoms with E-state index in [1.807, 2.05) is 27.7 Å². The molecule has 0 rings (SSSR count). The molecular weight excluding hydrogens is 392 g/mol. The first-order chi connectivity index (χ1) is 13.6. The standard InChI is InChI=1S/C21H40N2O7/c1-19(2,3)30-18(27)23-15(9-10-16(24)25)17(26)22-11-20(4,5)13-29-14-21(6,7)12-28-8/h15H,9-14H2,1-8H3,(H,22,26)(H,23,27)(H,24,25)/t15-/m0/s1. The molecule has 0 aromatic rings. The smallest absolute Gasteiger partial charge is 0.408 e. The number of ether oxygens (including phenoxy) is 3. The minimum absolute atomic E-state index is 0.0391. The van der Waals surface area contributed by atoms with Gasteiger partial charge in [0.05, 0.1) is 19.8 Å².